The number of carbonyl (C=O) groups excluding carboxylic acids is 1. The van der Waals surface area contributed by atoms with Crippen LogP contribution in [-0.4, -0.2) is 33.9 Å². The number of nitrogens with one attached hydrogen (secondary N) is 1. The molecule has 2 unspecified atom stereocenters. The third kappa shape index (κ3) is 3.37. The molecule has 130 valence electrons. The van der Waals surface area contributed by atoms with E-state index in [0.717, 1.165) is 25.1 Å². The van der Waals surface area contributed by atoms with Gasteiger partial charge in [-0.05, 0) is 37.3 Å². The molecule has 2 aliphatic heterocycles. The van der Waals surface area contributed by atoms with E-state index < -0.39 is 5.91 Å². The van der Waals surface area contributed by atoms with Crippen LogP contribution in [-0.2, 0) is 6.54 Å². The van der Waals surface area contributed by atoms with Gasteiger partial charge in [0.2, 0.25) is 0 Å². The summed E-state index contributed by atoms with van der Waals surface area (Å²) in [5, 5.41) is 3.55. The molecule has 3 heterocycles. The Labute approximate surface area is 148 Å². The van der Waals surface area contributed by atoms with E-state index in [1.807, 2.05) is 6.07 Å². The number of aromatic nitrogens is 1. The molecule has 1 aromatic heterocycles. The predicted octanol–water partition coefficient (Wildman–Crippen LogP) is 2.79. The average Bonchev–Trinajstić information content (AvgIpc) is 2.85. The summed E-state index contributed by atoms with van der Waals surface area (Å²) in [7, 11) is 0. The van der Waals surface area contributed by atoms with Gasteiger partial charge in [0, 0.05) is 37.1 Å². The van der Waals surface area contributed by atoms with Gasteiger partial charge in [-0.3, -0.25) is 14.7 Å². The number of primary amides is 1. The van der Waals surface area contributed by atoms with Gasteiger partial charge in [0.05, 0.1) is 11.3 Å². The molecule has 2 fully saturated rings. The topological polar surface area (TPSA) is 71.2 Å². The molecule has 5 nitrogen and oxygen atoms in total. The van der Waals surface area contributed by atoms with Gasteiger partial charge in [0.15, 0.2) is 0 Å². The van der Waals surface area contributed by atoms with Crippen molar-refractivity contribution in [3.05, 3.63) is 59.9 Å². The van der Waals surface area contributed by atoms with E-state index in [2.05, 4.69) is 45.5 Å². The van der Waals surface area contributed by atoms with E-state index >= 15 is 0 Å². The molecule has 2 saturated heterocycles. The Bertz CT molecular complexity index is 734. The van der Waals surface area contributed by atoms with Crippen LogP contribution in [0.1, 0.15) is 41.6 Å². The number of benzene rings is 1. The number of piperidine rings is 1. The molecule has 1 amide bonds. The van der Waals surface area contributed by atoms with Gasteiger partial charge in [-0.15, -0.1) is 0 Å². The first-order chi connectivity index (χ1) is 12.2. The third-order valence-corrected chi connectivity index (χ3v) is 5.54. The molecule has 2 atom stereocenters. The van der Waals surface area contributed by atoms with Crippen molar-refractivity contribution in [2.45, 2.75) is 50.4 Å². The molecule has 5 heteroatoms. The minimum atomic E-state index is -0.430. The normalized spacial score (nSPS) is 25.7. The fourth-order valence-corrected chi connectivity index (χ4v) is 4.38. The van der Waals surface area contributed by atoms with Crippen LogP contribution >= 0.6 is 0 Å². The number of hydrogen-bond donors (Lipinski definition) is 2. The molecule has 0 radical (unpaired) electrons. The lowest BCUT2D eigenvalue weighted by Gasteiger charge is -2.39. The zero-order chi connectivity index (χ0) is 17.2. The van der Waals surface area contributed by atoms with Crippen LogP contribution in [0, 0.1) is 0 Å². The highest BCUT2D eigenvalue weighted by Crippen LogP contribution is 2.38. The fourth-order valence-electron chi connectivity index (χ4n) is 4.38. The number of nitrogens with zero attached hydrogens (tertiary/aromatic N) is 2. The van der Waals surface area contributed by atoms with Crippen LogP contribution in [0.3, 0.4) is 0 Å². The number of nitrogens with two attached hydrogens (primary N) is 1. The summed E-state index contributed by atoms with van der Waals surface area (Å²) in [5.41, 5.74) is 8.13. The van der Waals surface area contributed by atoms with Gasteiger partial charge in [-0.2, -0.15) is 0 Å². The van der Waals surface area contributed by atoms with Gasteiger partial charge in [0.1, 0.15) is 0 Å². The van der Waals surface area contributed by atoms with Crippen LogP contribution < -0.4 is 11.1 Å². The monoisotopic (exact) mass is 336 g/mol. The number of amides is 1. The summed E-state index contributed by atoms with van der Waals surface area (Å²) < 4.78 is 0. The van der Waals surface area contributed by atoms with Crippen molar-refractivity contribution in [1.29, 1.82) is 0 Å². The first-order valence-electron chi connectivity index (χ1n) is 9.00. The molecule has 4 rings (SSSR count). The number of pyridine rings is 1. The molecule has 2 bridgehead atoms. The van der Waals surface area contributed by atoms with Crippen molar-refractivity contribution >= 4 is 11.6 Å². The molecule has 3 N–H and O–H groups in total. The molecular weight excluding hydrogens is 312 g/mol. The molecule has 2 aliphatic rings. The zero-order valence-electron chi connectivity index (χ0n) is 14.3. The highest BCUT2D eigenvalue weighted by molar-refractivity contribution is 5.98. The Kier molecular flexibility index (Phi) is 4.40. The predicted molar refractivity (Wildman–Crippen MR) is 98.2 cm³/mol. The number of rotatable bonds is 5. The number of fused-ring (bicyclic) bond motifs is 2. The Morgan fingerprint density at radius 1 is 1.16 bits per heavy atom. The van der Waals surface area contributed by atoms with E-state index in [1.165, 1.54) is 18.4 Å². The summed E-state index contributed by atoms with van der Waals surface area (Å²) in [5.74, 6) is -0.430. The second kappa shape index (κ2) is 6.84. The van der Waals surface area contributed by atoms with Gasteiger partial charge >= 0.3 is 0 Å². The lowest BCUT2D eigenvalue weighted by atomic mass is 9.96. The van der Waals surface area contributed by atoms with Gasteiger partial charge < -0.3 is 11.1 Å². The second-order valence-electron chi connectivity index (χ2n) is 7.14. The average molecular weight is 336 g/mol. The SMILES string of the molecule is NC(=O)c1cnccc1NC1CC2CCC(C1)N2Cc1ccccc1. The quantitative estimate of drug-likeness (QED) is 0.881. The highest BCUT2D eigenvalue weighted by Gasteiger charge is 2.40. The fraction of sp³-hybridized carbons (Fsp3) is 0.400. The van der Waals surface area contributed by atoms with E-state index in [9.17, 15) is 4.79 Å². The summed E-state index contributed by atoms with van der Waals surface area (Å²) >= 11 is 0. The maximum atomic E-state index is 11.6. The maximum Gasteiger partial charge on any atom is 0.252 e. The summed E-state index contributed by atoms with van der Waals surface area (Å²) in [6, 6.07) is 14.1. The molecular formula is C20H24N4O. The molecule has 0 saturated carbocycles. The summed E-state index contributed by atoms with van der Waals surface area (Å²) in [6.07, 6.45) is 7.97. The number of hydrogen-bond acceptors (Lipinski definition) is 4. The Balaban J connectivity index is 1.44. The van der Waals surface area contributed by atoms with Crippen molar-refractivity contribution in [3.8, 4) is 0 Å². The van der Waals surface area contributed by atoms with E-state index in [1.54, 1.807) is 12.4 Å². The van der Waals surface area contributed by atoms with Crippen LogP contribution in [0.2, 0.25) is 0 Å². The largest absolute Gasteiger partial charge is 0.381 e. The van der Waals surface area contributed by atoms with Crippen molar-refractivity contribution in [1.82, 2.24) is 9.88 Å². The Hall–Kier alpha value is -2.40. The van der Waals surface area contributed by atoms with E-state index in [4.69, 9.17) is 5.73 Å². The lowest BCUT2D eigenvalue weighted by Crippen LogP contribution is -2.46. The molecule has 0 aliphatic carbocycles. The maximum absolute atomic E-state index is 11.6. The third-order valence-electron chi connectivity index (χ3n) is 5.54. The van der Waals surface area contributed by atoms with E-state index in [0.29, 0.717) is 23.7 Å². The van der Waals surface area contributed by atoms with Gasteiger partial charge in [-0.1, -0.05) is 30.3 Å². The number of carbonyl (C=O) groups is 1. The van der Waals surface area contributed by atoms with Crippen molar-refractivity contribution in [2.24, 2.45) is 5.73 Å². The summed E-state index contributed by atoms with van der Waals surface area (Å²) in [6.45, 7) is 1.03. The minimum Gasteiger partial charge on any atom is -0.381 e. The van der Waals surface area contributed by atoms with Crippen LogP contribution in [0.4, 0.5) is 5.69 Å². The zero-order valence-corrected chi connectivity index (χ0v) is 14.3. The standard InChI is InChI=1S/C20H24N4O/c21-20(25)18-12-22-9-8-19(18)23-15-10-16-6-7-17(11-15)24(16)13-14-4-2-1-3-5-14/h1-5,8-9,12,15-17H,6-7,10-11,13H2,(H2,21,25)(H,22,23). The summed E-state index contributed by atoms with van der Waals surface area (Å²) in [4.78, 5) is 18.3. The lowest BCUT2D eigenvalue weighted by molar-refractivity contribution is 0.100. The van der Waals surface area contributed by atoms with Crippen molar-refractivity contribution < 1.29 is 4.79 Å². The van der Waals surface area contributed by atoms with Crippen LogP contribution in [0.25, 0.3) is 0 Å². The van der Waals surface area contributed by atoms with Crippen LogP contribution in [0.5, 0.6) is 0 Å². The number of anilines is 1. The Morgan fingerprint density at radius 2 is 1.88 bits per heavy atom. The van der Waals surface area contributed by atoms with Crippen molar-refractivity contribution in [2.75, 3.05) is 5.32 Å². The van der Waals surface area contributed by atoms with Gasteiger partial charge in [0.25, 0.3) is 5.91 Å². The van der Waals surface area contributed by atoms with Gasteiger partial charge in [-0.25, -0.2) is 0 Å². The molecule has 25 heavy (non-hydrogen) atoms. The molecule has 0 spiro atoms. The first-order valence-corrected chi connectivity index (χ1v) is 9.00. The Morgan fingerprint density at radius 3 is 2.56 bits per heavy atom. The van der Waals surface area contributed by atoms with Crippen LogP contribution in [0.15, 0.2) is 48.8 Å². The minimum absolute atomic E-state index is 0.380. The van der Waals surface area contributed by atoms with Crippen molar-refractivity contribution in [3.63, 3.8) is 0 Å². The second-order valence-corrected chi connectivity index (χ2v) is 7.14. The smallest absolute Gasteiger partial charge is 0.252 e. The van der Waals surface area contributed by atoms with E-state index in [-0.39, 0.29) is 0 Å². The first kappa shape index (κ1) is 16.1. The molecule has 2 aromatic rings. The molecule has 1 aromatic carbocycles. The highest BCUT2D eigenvalue weighted by atomic mass is 16.1.